The number of amides is 1. The van der Waals surface area contributed by atoms with Crippen molar-refractivity contribution >= 4 is 29.2 Å². The minimum atomic E-state index is -0.681. The number of nitrogens with one attached hydrogen (secondary N) is 1. The Morgan fingerprint density at radius 3 is 2.60 bits per heavy atom. The van der Waals surface area contributed by atoms with Gasteiger partial charge in [-0.2, -0.15) is 0 Å². The highest BCUT2D eigenvalue weighted by Crippen LogP contribution is 2.21. The van der Waals surface area contributed by atoms with Crippen LogP contribution in [-0.4, -0.2) is 25.1 Å². The van der Waals surface area contributed by atoms with Gasteiger partial charge in [0.1, 0.15) is 5.75 Å². The maximum atomic E-state index is 12.6. The van der Waals surface area contributed by atoms with E-state index in [1.807, 2.05) is 13.8 Å². The van der Waals surface area contributed by atoms with E-state index >= 15 is 0 Å². The first-order chi connectivity index (χ1) is 11.9. The van der Waals surface area contributed by atoms with Gasteiger partial charge in [0, 0.05) is 10.7 Å². The first-order valence-electron chi connectivity index (χ1n) is 7.86. The molecule has 2 rings (SSSR count). The van der Waals surface area contributed by atoms with Crippen molar-refractivity contribution in [2.45, 2.75) is 26.4 Å². The zero-order valence-corrected chi connectivity index (χ0v) is 15.1. The van der Waals surface area contributed by atoms with E-state index in [9.17, 15) is 9.59 Å². The Balaban J connectivity index is 2.15. The minimum absolute atomic E-state index is 0.299. The number of hydrogen-bond donors (Lipinski definition) is 1. The van der Waals surface area contributed by atoms with E-state index < -0.39 is 12.1 Å². The van der Waals surface area contributed by atoms with Crippen LogP contribution in [0.1, 0.15) is 29.3 Å². The van der Waals surface area contributed by atoms with Crippen LogP contribution in [0.5, 0.6) is 5.75 Å². The van der Waals surface area contributed by atoms with Crippen LogP contribution in [0.25, 0.3) is 0 Å². The smallest absolute Gasteiger partial charge is 0.337 e. The number of carbonyl (C=O) groups excluding carboxylic acids is 2. The standard InChI is InChI=1S/C19H20ClNO4/c1-4-17(25-15-7-5-6-14(20)11-15)18(22)21-16-10-13(19(23)24-3)9-8-12(16)2/h5-11,17H,4H2,1-3H3,(H,21,22). The lowest BCUT2D eigenvalue weighted by molar-refractivity contribution is -0.122. The van der Waals surface area contributed by atoms with Crippen molar-refractivity contribution in [1.29, 1.82) is 0 Å². The van der Waals surface area contributed by atoms with Crippen molar-refractivity contribution in [2.24, 2.45) is 0 Å². The number of ether oxygens (including phenoxy) is 2. The Labute approximate surface area is 151 Å². The molecule has 1 amide bonds. The van der Waals surface area contributed by atoms with Crippen LogP contribution < -0.4 is 10.1 Å². The van der Waals surface area contributed by atoms with Crippen LogP contribution in [0, 0.1) is 6.92 Å². The topological polar surface area (TPSA) is 64.6 Å². The van der Waals surface area contributed by atoms with E-state index in [4.69, 9.17) is 21.1 Å². The Bertz CT molecular complexity index is 776. The normalized spacial score (nSPS) is 11.5. The minimum Gasteiger partial charge on any atom is -0.481 e. The Morgan fingerprint density at radius 2 is 1.96 bits per heavy atom. The van der Waals surface area contributed by atoms with Crippen LogP contribution >= 0.6 is 11.6 Å². The molecule has 0 aliphatic carbocycles. The first-order valence-corrected chi connectivity index (χ1v) is 8.24. The predicted molar refractivity (Wildman–Crippen MR) is 97.3 cm³/mol. The lowest BCUT2D eigenvalue weighted by Gasteiger charge is -2.18. The van der Waals surface area contributed by atoms with Gasteiger partial charge in [0.15, 0.2) is 6.10 Å². The summed E-state index contributed by atoms with van der Waals surface area (Å²) < 4.78 is 10.4. The molecule has 0 aliphatic rings. The van der Waals surface area contributed by atoms with E-state index in [0.717, 1.165) is 5.56 Å². The molecule has 1 unspecified atom stereocenters. The van der Waals surface area contributed by atoms with Gasteiger partial charge in [0.05, 0.1) is 12.7 Å². The largest absolute Gasteiger partial charge is 0.481 e. The third kappa shape index (κ3) is 4.97. The number of benzene rings is 2. The third-order valence-electron chi connectivity index (χ3n) is 3.65. The van der Waals surface area contributed by atoms with E-state index in [-0.39, 0.29) is 5.91 Å². The average molecular weight is 362 g/mol. The molecule has 6 heteroatoms. The fraction of sp³-hybridized carbons (Fsp3) is 0.263. The highest BCUT2D eigenvalue weighted by Gasteiger charge is 2.20. The molecule has 2 aromatic rings. The van der Waals surface area contributed by atoms with Gasteiger partial charge in [-0.25, -0.2) is 4.79 Å². The van der Waals surface area contributed by atoms with Gasteiger partial charge in [0.2, 0.25) is 0 Å². The zero-order valence-electron chi connectivity index (χ0n) is 14.3. The Morgan fingerprint density at radius 1 is 1.20 bits per heavy atom. The molecule has 0 heterocycles. The van der Waals surface area contributed by atoms with Crippen LogP contribution in [0.2, 0.25) is 5.02 Å². The molecular formula is C19H20ClNO4. The SMILES string of the molecule is CCC(Oc1cccc(Cl)c1)C(=O)Nc1cc(C(=O)OC)ccc1C. The number of aryl methyl sites for hydroxylation is 1. The quantitative estimate of drug-likeness (QED) is 0.782. The van der Waals surface area contributed by atoms with Gasteiger partial charge in [0.25, 0.3) is 5.91 Å². The molecule has 0 saturated heterocycles. The molecule has 0 radical (unpaired) electrons. The van der Waals surface area contributed by atoms with Crippen LogP contribution in [0.15, 0.2) is 42.5 Å². The van der Waals surface area contributed by atoms with Gasteiger partial charge in [-0.3, -0.25) is 4.79 Å². The summed E-state index contributed by atoms with van der Waals surface area (Å²) in [6.07, 6.45) is -0.201. The highest BCUT2D eigenvalue weighted by molar-refractivity contribution is 6.30. The summed E-state index contributed by atoms with van der Waals surface area (Å²) in [7, 11) is 1.31. The molecule has 0 bridgehead atoms. The van der Waals surface area contributed by atoms with E-state index in [1.165, 1.54) is 7.11 Å². The maximum Gasteiger partial charge on any atom is 0.337 e. The molecule has 5 nitrogen and oxygen atoms in total. The van der Waals surface area contributed by atoms with Crippen molar-refractivity contribution in [3.8, 4) is 5.75 Å². The lowest BCUT2D eigenvalue weighted by atomic mass is 10.1. The fourth-order valence-electron chi connectivity index (χ4n) is 2.24. The molecule has 1 N–H and O–H groups in total. The number of hydrogen-bond acceptors (Lipinski definition) is 4. The predicted octanol–water partition coefficient (Wildman–Crippen LogP) is 4.23. The summed E-state index contributed by atoms with van der Waals surface area (Å²) in [5.74, 6) is -0.236. The summed E-state index contributed by atoms with van der Waals surface area (Å²) in [6.45, 7) is 3.70. The number of methoxy groups -OCH3 is 1. The number of carbonyl (C=O) groups is 2. The molecule has 0 aromatic heterocycles. The number of halogens is 1. The first kappa shape index (κ1) is 18.8. The molecule has 0 aliphatic heterocycles. The Hall–Kier alpha value is -2.53. The molecule has 0 spiro atoms. The second-order valence-electron chi connectivity index (χ2n) is 5.48. The molecule has 25 heavy (non-hydrogen) atoms. The van der Waals surface area contributed by atoms with Crippen molar-refractivity contribution in [1.82, 2.24) is 0 Å². The van der Waals surface area contributed by atoms with Gasteiger partial charge < -0.3 is 14.8 Å². The van der Waals surface area contributed by atoms with E-state index in [2.05, 4.69) is 5.32 Å². The van der Waals surface area contributed by atoms with Gasteiger partial charge in [-0.1, -0.05) is 30.7 Å². The number of rotatable bonds is 6. The molecule has 0 saturated carbocycles. The summed E-state index contributed by atoms with van der Waals surface area (Å²) in [6, 6.07) is 11.9. The molecular weight excluding hydrogens is 342 g/mol. The molecule has 2 aromatic carbocycles. The van der Waals surface area contributed by atoms with Crippen molar-refractivity contribution < 1.29 is 19.1 Å². The molecule has 132 valence electrons. The second kappa shape index (κ2) is 8.53. The van der Waals surface area contributed by atoms with Crippen LogP contribution in [0.4, 0.5) is 5.69 Å². The molecule has 1 atom stereocenters. The van der Waals surface area contributed by atoms with E-state index in [1.54, 1.807) is 42.5 Å². The van der Waals surface area contributed by atoms with Crippen molar-refractivity contribution in [3.63, 3.8) is 0 Å². The van der Waals surface area contributed by atoms with Crippen molar-refractivity contribution in [2.75, 3.05) is 12.4 Å². The van der Waals surface area contributed by atoms with Gasteiger partial charge >= 0.3 is 5.97 Å². The Kier molecular flexibility index (Phi) is 6.42. The summed E-state index contributed by atoms with van der Waals surface area (Å²) >= 11 is 5.94. The molecule has 0 fully saturated rings. The summed E-state index contributed by atoms with van der Waals surface area (Å²) in [5, 5.41) is 3.35. The summed E-state index contributed by atoms with van der Waals surface area (Å²) in [4.78, 5) is 24.2. The number of esters is 1. The average Bonchev–Trinajstić information content (AvgIpc) is 2.60. The third-order valence-corrected chi connectivity index (χ3v) is 3.89. The lowest BCUT2D eigenvalue weighted by Crippen LogP contribution is -2.32. The summed E-state index contributed by atoms with van der Waals surface area (Å²) in [5.41, 5.74) is 1.74. The zero-order chi connectivity index (χ0) is 18.4. The maximum absolute atomic E-state index is 12.6. The van der Waals surface area contributed by atoms with Gasteiger partial charge in [-0.05, 0) is 49.2 Å². The highest BCUT2D eigenvalue weighted by atomic mass is 35.5. The van der Waals surface area contributed by atoms with Gasteiger partial charge in [-0.15, -0.1) is 0 Å². The van der Waals surface area contributed by atoms with Crippen LogP contribution in [0.3, 0.4) is 0 Å². The van der Waals surface area contributed by atoms with E-state index in [0.29, 0.717) is 28.4 Å². The van der Waals surface area contributed by atoms with Crippen molar-refractivity contribution in [3.05, 3.63) is 58.6 Å². The second-order valence-corrected chi connectivity index (χ2v) is 5.92. The fourth-order valence-corrected chi connectivity index (χ4v) is 2.42. The number of anilines is 1. The van der Waals surface area contributed by atoms with Crippen LogP contribution in [-0.2, 0) is 9.53 Å². The monoisotopic (exact) mass is 361 g/mol.